The summed E-state index contributed by atoms with van der Waals surface area (Å²) in [5.41, 5.74) is 0.854. The summed E-state index contributed by atoms with van der Waals surface area (Å²) in [5.74, 6) is -3.00. The van der Waals surface area contributed by atoms with Gasteiger partial charge in [0.2, 0.25) is 11.7 Å². The molecule has 138 valence electrons. The fraction of sp³-hybridized carbons (Fsp3) is 0.111. The highest BCUT2D eigenvalue weighted by Crippen LogP contribution is 2.44. The monoisotopic (exact) mass is 378 g/mol. The average Bonchev–Trinajstić information content (AvgIpc) is 3.08. The number of nitrogens with one attached hydrogen (secondary N) is 1. The van der Waals surface area contributed by atoms with Crippen molar-refractivity contribution in [2.45, 2.75) is 12.1 Å². The molecule has 0 bridgehead atoms. The lowest BCUT2D eigenvalue weighted by Crippen LogP contribution is -2.25. The van der Waals surface area contributed by atoms with E-state index in [-0.39, 0.29) is 5.75 Å². The van der Waals surface area contributed by atoms with Gasteiger partial charge in [-0.25, -0.2) is 9.37 Å². The number of ether oxygens (including phenoxy) is 1. The molecular weight excluding hydrogens is 368 g/mol. The summed E-state index contributed by atoms with van der Waals surface area (Å²) >= 11 is 0. The minimum atomic E-state index is -4.72. The number of oxazole rings is 1. The molecule has 1 aromatic heterocycles. The lowest BCUT2D eigenvalue weighted by Gasteiger charge is -2.27. The van der Waals surface area contributed by atoms with Gasteiger partial charge < -0.3 is 9.15 Å². The Kier molecular flexibility index (Phi) is 3.87. The zero-order valence-corrected chi connectivity index (χ0v) is 13.4. The number of alkyl halides is 3. The van der Waals surface area contributed by atoms with E-state index in [1.807, 2.05) is 0 Å². The standard InChI is InChI=1S/C18H10F4N2O3/c19-9-5-6-11-13(7-9)26-12-4-2-1-3-10(12)15(11)16(25)24-17-23-8-14(27-17)18(20,21)22/h1-8,15H,(H,23,24,25). The Balaban J connectivity index is 1.70. The van der Waals surface area contributed by atoms with Crippen LogP contribution in [0.4, 0.5) is 23.6 Å². The van der Waals surface area contributed by atoms with E-state index in [9.17, 15) is 22.4 Å². The van der Waals surface area contributed by atoms with E-state index in [2.05, 4.69) is 14.7 Å². The zero-order chi connectivity index (χ0) is 19.2. The molecule has 0 aliphatic carbocycles. The Morgan fingerprint density at radius 2 is 1.81 bits per heavy atom. The molecule has 2 heterocycles. The quantitative estimate of drug-likeness (QED) is 0.656. The first-order chi connectivity index (χ1) is 12.8. The van der Waals surface area contributed by atoms with Crippen molar-refractivity contribution >= 4 is 11.9 Å². The van der Waals surface area contributed by atoms with E-state index < -0.39 is 35.6 Å². The number of carbonyl (C=O) groups is 1. The number of amides is 1. The van der Waals surface area contributed by atoms with Crippen LogP contribution >= 0.6 is 0 Å². The number of hydrogen-bond donors (Lipinski definition) is 1. The van der Waals surface area contributed by atoms with Crippen molar-refractivity contribution in [3.63, 3.8) is 0 Å². The van der Waals surface area contributed by atoms with Gasteiger partial charge in [-0.15, -0.1) is 0 Å². The summed E-state index contributed by atoms with van der Waals surface area (Å²) in [7, 11) is 0. The number of para-hydroxylation sites is 1. The minimum absolute atomic E-state index is 0.150. The number of aromatic nitrogens is 1. The van der Waals surface area contributed by atoms with E-state index in [0.717, 1.165) is 6.07 Å². The van der Waals surface area contributed by atoms with Crippen LogP contribution in [0.25, 0.3) is 0 Å². The first kappa shape index (κ1) is 17.1. The van der Waals surface area contributed by atoms with E-state index >= 15 is 0 Å². The molecule has 1 amide bonds. The van der Waals surface area contributed by atoms with Crippen LogP contribution in [-0.4, -0.2) is 10.9 Å². The number of carbonyl (C=O) groups excluding carboxylic acids is 1. The number of hydrogen-bond acceptors (Lipinski definition) is 4. The first-order valence-corrected chi connectivity index (χ1v) is 7.73. The van der Waals surface area contributed by atoms with Crippen LogP contribution in [0.5, 0.6) is 11.5 Å². The van der Waals surface area contributed by atoms with E-state index in [1.165, 1.54) is 12.1 Å². The highest BCUT2D eigenvalue weighted by molar-refractivity contribution is 5.98. The lowest BCUT2D eigenvalue weighted by molar-refractivity contribution is -0.152. The molecule has 4 rings (SSSR count). The third kappa shape index (κ3) is 3.12. The van der Waals surface area contributed by atoms with Gasteiger partial charge in [0.25, 0.3) is 0 Å². The van der Waals surface area contributed by atoms with Crippen molar-refractivity contribution in [1.29, 1.82) is 0 Å². The molecule has 1 aliphatic rings. The number of fused-ring (bicyclic) bond motifs is 2. The van der Waals surface area contributed by atoms with Crippen molar-refractivity contribution in [2.24, 2.45) is 0 Å². The number of rotatable bonds is 2. The average molecular weight is 378 g/mol. The lowest BCUT2D eigenvalue weighted by atomic mass is 9.87. The number of nitrogens with zero attached hydrogens (tertiary/aromatic N) is 1. The van der Waals surface area contributed by atoms with Crippen LogP contribution in [0.3, 0.4) is 0 Å². The number of benzene rings is 2. The van der Waals surface area contributed by atoms with Crippen molar-refractivity contribution in [1.82, 2.24) is 4.98 Å². The third-order valence-corrected chi connectivity index (χ3v) is 4.01. The minimum Gasteiger partial charge on any atom is -0.457 e. The fourth-order valence-corrected chi connectivity index (χ4v) is 2.86. The fourth-order valence-electron chi connectivity index (χ4n) is 2.86. The second-order valence-corrected chi connectivity index (χ2v) is 5.77. The van der Waals surface area contributed by atoms with Crippen molar-refractivity contribution in [3.8, 4) is 11.5 Å². The van der Waals surface area contributed by atoms with Gasteiger partial charge >= 0.3 is 12.2 Å². The molecule has 0 spiro atoms. The molecule has 1 aliphatic heterocycles. The van der Waals surface area contributed by atoms with Crippen molar-refractivity contribution in [2.75, 3.05) is 5.32 Å². The van der Waals surface area contributed by atoms with Gasteiger partial charge in [-0.1, -0.05) is 24.3 Å². The van der Waals surface area contributed by atoms with Gasteiger partial charge in [-0.3, -0.25) is 10.1 Å². The Bertz CT molecular complexity index is 1030. The Labute approximate surface area is 149 Å². The summed E-state index contributed by atoms with van der Waals surface area (Å²) in [6.07, 6.45) is -4.23. The Morgan fingerprint density at radius 3 is 2.56 bits per heavy atom. The van der Waals surface area contributed by atoms with Gasteiger partial charge in [0.05, 0.1) is 12.1 Å². The largest absolute Gasteiger partial charge is 0.457 e. The van der Waals surface area contributed by atoms with Gasteiger partial charge in [-0.05, 0) is 12.1 Å². The summed E-state index contributed by atoms with van der Waals surface area (Å²) in [6, 6.07) is 9.73. The maximum Gasteiger partial charge on any atom is 0.451 e. The molecule has 0 saturated carbocycles. The highest BCUT2D eigenvalue weighted by Gasteiger charge is 2.37. The van der Waals surface area contributed by atoms with Crippen LogP contribution in [0.15, 0.2) is 53.1 Å². The molecule has 1 N–H and O–H groups in total. The molecule has 0 radical (unpaired) electrons. The number of anilines is 1. The normalized spacial score (nSPS) is 15.5. The van der Waals surface area contributed by atoms with E-state index in [1.54, 1.807) is 24.3 Å². The molecule has 2 aromatic carbocycles. The third-order valence-electron chi connectivity index (χ3n) is 4.01. The molecule has 3 aromatic rings. The number of halogens is 4. The SMILES string of the molecule is O=C(Nc1ncc(C(F)(F)F)o1)C1c2ccccc2Oc2cc(F)ccc21. The van der Waals surface area contributed by atoms with Gasteiger partial charge in [0.1, 0.15) is 17.3 Å². The maximum absolute atomic E-state index is 13.5. The van der Waals surface area contributed by atoms with E-state index in [0.29, 0.717) is 23.1 Å². The van der Waals surface area contributed by atoms with Gasteiger partial charge in [0.15, 0.2) is 0 Å². The van der Waals surface area contributed by atoms with Gasteiger partial charge in [0, 0.05) is 17.2 Å². The molecule has 27 heavy (non-hydrogen) atoms. The topological polar surface area (TPSA) is 64.4 Å². The molecule has 1 unspecified atom stereocenters. The summed E-state index contributed by atoms with van der Waals surface area (Å²) in [5, 5.41) is 2.23. The molecule has 5 nitrogen and oxygen atoms in total. The first-order valence-electron chi connectivity index (χ1n) is 7.73. The second-order valence-electron chi connectivity index (χ2n) is 5.77. The van der Waals surface area contributed by atoms with Crippen molar-refractivity contribution < 1.29 is 31.5 Å². The second kappa shape index (κ2) is 6.11. The Morgan fingerprint density at radius 1 is 1.07 bits per heavy atom. The van der Waals surface area contributed by atoms with Crippen LogP contribution < -0.4 is 10.1 Å². The maximum atomic E-state index is 13.5. The smallest absolute Gasteiger partial charge is 0.451 e. The molecular formula is C18H10F4N2O3. The summed E-state index contributed by atoms with van der Waals surface area (Å²) < 4.78 is 61.6. The van der Waals surface area contributed by atoms with Crippen LogP contribution in [0.2, 0.25) is 0 Å². The zero-order valence-electron chi connectivity index (χ0n) is 13.4. The summed E-state index contributed by atoms with van der Waals surface area (Å²) in [4.78, 5) is 16.2. The molecule has 0 saturated heterocycles. The van der Waals surface area contributed by atoms with Crippen LogP contribution in [0.1, 0.15) is 22.8 Å². The van der Waals surface area contributed by atoms with E-state index in [4.69, 9.17) is 4.74 Å². The predicted molar refractivity (Wildman–Crippen MR) is 84.9 cm³/mol. The van der Waals surface area contributed by atoms with Crippen LogP contribution in [0, 0.1) is 5.82 Å². The molecule has 9 heteroatoms. The van der Waals surface area contributed by atoms with Gasteiger partial charge in [-0.2, -0.15) is 13.2 Å². The van der Waals surface area contributed by atoms with Crippen LogP contribution in [-0.2, 0) is 11.0 Å². The predicted octanol–water partition coefficient (Wildman–Crippen LogP) is 4.71. The Hall–Kier alpha value is -3.36. The van der Waals surface area contributed by atoms with Crippen molar-refractivity contribution in [3.05, 3.63) is 71.4 Å². The summed E-state index contributed by atoms with van der Waals surface area (Å²) in [6.45, 7) is 0. The molecule has 1 atom stereocenters. The highest BCUT2D eigenvalue weighted by atomic mass is 19.4. The molecule has 0 fully saturated rings.